The molecule has 1 atom stereocenters. The van der Waals surface area contributed by atoms with Crippen molar-refractivity contribution < 1.29 is 19.0 Å². The highest BCUT2D eigenvalue weighted by atomic mass is 19.1. The predicted molar refractivity (Wildman–Crippen MR) is 73.1 cm³/mol. The molecule has 4 nitrogen and oxygen atoms in total. The van der Waals surface area contributed by atoms with E-state index < -0.39 is 11.6 Å². The highest BCUT2D eigenvalue weighted by Gasteiger charge is 2.42. The van der Waals surface area contributed by atoms with E-state index in [2.05, 4.69) is 4.90 Å². The Morgan fingerprint density at radius 2 is 2.20 bits per heavy atom. The van der Waals surface area contributed by atoms with Crippen molar-refractivity contribution in [2.24, 2.45) is 0 Å². The van der Waals surface area contributed by atoms with E-state index in [9.17, 15) is 9.18 Å². The maximum Gasteiger partial charge on any atom is 0.329 e. The van der Waals surface area contributed by atoms with E-state index in [-0.39, 0.29) is 18.5 Å². The van der Waals surface area contributed by atoms with Crippen LogP contribution < -0.4 is 0 Å². The van der Waals surface area contributed by atoms with E-state index in [0.29, 0.717) is 18.7 Å². The van der Waals surface area contributed by atoms with Gasteiger partial charge in [0.25, 0.3) is 0 Å². The molecule has 1 aromatic rings. The van der Waals surface area contributed by atoms with Crippen LogP contribution in [0, 0.1) is 12.7 Å². The molecule has 0 radical (unpaired) electrons. The second-order valence-corrected chi connectivity index (χ2v) is 5.72. The first kappa shape index (κ1) is 14.9. The van der Waals surface area contributed by atoms with Crippen LogP contribution in [0.3, 0.4) is 0 Å². The Morgan fingerprint density at radius 1 is 1.55 bits per heavy atom. The molecule has 1 aromatic carbocycles. The van der Waals surface area contributed by atoms with Crippen molar-refractivity contribution in [2.75, 3.05) is 19.7 Å². The third-order valence-electron chi connectivity index (χ3n) is 3.85. The number of aryl methyl sites for hydroxylation is 1. The van der Waals surface area contributed by atoms with Gasteiger partial charge in [0.1, 0.15) is 12.4 Å². The number of carboxylic acids is 1. The summed E-state index contributed by atoms with van der Waals surface area (Å²) in [6.07, 6.45) is 0. The molecule has 1 unspecified atom stereocenters. The minimum atomic E-state index is -0.960. The summed E-state index contributed by atoms with van der Waals surface area (Å²) in [5, 5.41) is 8.63. The lowest BCUT2D eigenvalue weighted by Crippen LogP contribution is -2.62. The molecule has 1 saturated heterocycles. The van der Waals surface area contributed by atoms with Crippen LogP contribution in [0.25, 0.3) is 0 Å². The number of halogens is 1. The van der Waals surface area contributed by atoms with Gasteiger partial charge in [0.2, 0.25) is 0 Å². The Bertz CT molecular complexity index is 512. The van der Waals surface area contributed by atoms with Gasteiger partial charge < -0.3 is 9.84 Å². The Hall–Kier alpha value is -1.46. The largest absolute Gasteiger partial charge is 0.480 e. The molecule has 0 aromatic heterocycles. The highest BCUT2D eigenvalue weighted by molar-refractivity contribution is 5.68. The van der Waals surface area contributed by atoms with Crippen molar-refractivity contribution in [3.05, 3.63) is 35.1 Å². The van der Waals surface area contributed by atoms with Crippen molar-refractivity contribution in [2.45, 2.75) is 32.4 Å². The van der Waals surface area contributed by atoms with E-state index >= 15 is 0 Å². The minimum Gasteiger partial charge on any atom is -0.480 e. The van der Waals surface area contributed by atoms with Crippen LogP contribution in [0.5, 0.6) is 0 Å². The molecule has 1 N–H and O–H groups in total. The predicted octanol–water partition coefficient (Wildman–Crippen LogP) is 2.37. The van der Waals surface area contributed by atoms with Gasteiger partial charge >= 0.3 is 5.97 Å². The topological polar surface area (TPSA) is 49.8 Å². The van der Waals surface area contributed by atoms with Crippen LogP contribution >= 0.6 is 0 Å². The molecule has 5 heteroatoms. The molecular weight excluding hydrogens is 261 g/mol. The molecule has 2 rings (SSSR count). The van der Waals surface area contributed by atoms with Crippen molar-refractivity contribution in [1.82, 2.24) is 4.90 Å². The smallest absolute Gasteiger partial charge is 0.329 e. The number of likely N-dealkylation sites (tertiary alicyclic amines) is 1. The van der Waals surface area contributed by atoms with Crippen LogP contribution in [0.1, 0.15) is 31.0 Å². The number of rotatable bonds is 5. The van der Waals surface area contributed by atoms with Gasteiger partial charge in [-0.05, 0) is 38.0 Å². The summed E-state index contributed by atoms with van der Waals surface area (Å²) in [6.45, 7) is 6.67. The zero-order chi connectivity index (χ0) is 14.9. The number of hydrogen-bond donors (Lipinski definition) is 1. The van der Waals surface area contributed by atoms with Gasteiger partial charge in [-0.3, -0.25) is 4.90 Å². The highest BCUT2D eigenvalue weighted by Crippen LogP contribution is 2.33. The van der Waals surface area contributed by atoms with Gasteiger partial charge in [0.05, 0.1) is 5.60 Å². The summed E-state index contributed by atoms with van der Waals surface area (Å²) < 4.78 is 18.9. The van der Waals surface area contributed by atoms with Crippen LogP contribution in [0.4, 0.5) is 4.39 Å². The standard InChI is InChI=1S/C15H20FNO3/c1-10-4-5-12(6-13(10)16)11(2)17-8-15(3,9-17)20-7-14(18)19/h4-6,11H,7-9H2,1-3H3,(H,18,19). The summed E-state index contributed by atoms with van der Waals surface area (Å²) in [4.78, 5) is 12.7. The number of carbonyl (C=O) groups is 1. The number of nitrogens with zero attached hydrogens (tertiary/aromatic N) is 1. The van der Waals surface area contributed by atoms with Gasteiger partial charge in [-0.2, -0.15) is 0 Å². The van der Waals surface area contributed by atoms with Crippen molar-refractivity contribution >= 4 is 5.97 Å². The molecule has 0 spiro atoms. The molecule has 20 heavy (non-hydrogen) atoms. The maximum atomic E-state index is 13.6. The average molecular weight is 281 g/mol. The quantitative estimate of drug-likeness (QED) is 0.900. The zero-order valence-electron chi connectivity index (χ0n) is 12.0. The summed E-state index contributed by atoms with van der Waals surface area (Å²) in [5.41, 5.74) is 1.14. The lowest BCUT2D eigenvalue weighted by Gasteiger charge is -2.50. The van der Waals surface area contributed by atoms with Gasteiger partial charge in [-0.15, -0.1) is 0 Å². The minimum absolute atomic E-state index is 0.0894. The third kappa shape index (κ3) is 3.16. The first-order valence-electron chi connectivity index (χ1n) is 6.66. The Morgan fingerprint density at radius 3 is 2.75 bits per heavy atom. The molecule has 0 amide bonds. The normalized spacial score (nSPS) is 19.4. The summed E-state index contributed by atoms with van der Waals surface area (Å²) in [7, 11) is 0. The van der Waals surface area contributed by atoms with Crippen molar-refractivity contribution in [1.29, 1.82) is 0 Å². The van der Waals surface area contributed by atoms with Gasteiger partial charge in [0.15, 0.2) is 0 Å². The SMILES string of the molecule is Cc1ccc(C(C)N2CC(C)(OCC(=O)O)C2)cc1F. The van der Waals surface area contributed by atoms with E-state index in [4.69, 9.17) is 9.84 Å². The molecule has 110 valence electrons. The van der Waals surface area contributed by atoms with Crippen molar-refractivity contribution in [3.8, 4) is 0 Å². The van der Waals surface area contributed by atoms with Gasteiger partial charge in [-0.1, -0.05) is 12.1 Å². The van der Waals surface area contributed by atoms with E-state index in [1.165, 1.54) is 0 Å². The first-order valence-corrected chi connectivity index (χ1v) is 6.66. The first-order chi connectivity index (χ1) is 9.31. The molecule has 0 bridgehead atoms. The van der Waals surface area contributed by atoms with E-state index in [0.717, 1.165) is 5.56 Å². The van der Waals surface area contributed by atoms with Crippen LogP contribution in [0.15, 0.2) is 18.2 Å². The average Bonchev–Trinajstić information content (AvgIpc) is 2.35. The summed E-state index contributed by atoms with van der Waals surface area (Å²) in [6, 6.07) is 5.36. The zero-order valence-corrected chi connectivity index (χ0v) is 12.0. The molecule has 0 aliphatic carbocycles. The summed E-state index contributed by atoms with van der Waals surface area (Å²) in [5.74, 6) is -1.15. The second-order valence-electron chi connectivity index (χ2n) is 5.72. The molecule has 0 saturated carbocycles. The lowest BCUT2D eigenvalue weighted by atomic mass is 9.92. The van der Waals surface area contributed by atoms with Gasteiger partial charge in [0, 0.05) is 19.1 Å². The Kier molecular flexibility index (Phi) is 4.11. The number of hydrogen-bond acceptors (Lipinski definition) is 3. The molecular formula is C15H20FNO3. The van der Waals surface area contributed by atoms with Crippen LogP contribution in [-0.4, -0.2) is 41.3 Å². The Labute approximate surface area is 118 Å². The number of benzene rings is 1. The molecule has 1 heterocycles. The number of ether oxygens (including phenoxy) is 1. The van der Waals surface area contributed by atoms with Crippen LogP contribution in [-0.2, 0) is 9.53 Å². The maximum absolute atomic E-state index is 13.6. The monoisotopic (exact) mass is 281 g/mol. The van der Waals surface area contributed by atoms with E-state index in [1.807, 2.05) is 19.9 Å². The molecule has 1 aliphatic heterocycles. The van der Waals surface area contributed by atoms with Crippen LogP contribution in [0.2, 0.25) is 0 Å². The van der Waals surface area contributed by atoms with Gasteiger partial charge in [-0.25, -0.2) is 9.18 Å². The number of aliphatic carboxylic acids is 1. The van der Waals surface area contributed by atoms with Crippen molar-refractivity contribution in [3.63, 3.8) is 0 Å². The second kappa shape index (κ2) is 5.50. The fourth-order valence-corrected chi connectivity index (χ4v) is 2.49. The molecule has 1 aliphatic rings. The number of carboxylic acid groups (broad SMARTS) is 1. The lowest BCUT2D eigenvalue weighted by molar-refractivity contribution is -0.169. The fourth-order valence-electron chi connectivity index (χ4n) is 2.49. The Balaban J connectivity index is 1.94. The third-order valence-corrected chi connectivity index (χ3v) is 3.85. The molecule has 1 fully saturated rings. The fraction of sp³-hybridized carbons (Fsp3) is 0.533. The van der Waals surface area contributed by atoms with E-state index in [1.54, 1.807) is 19.1 Å². The summed E-state index contributed by atoms with van der Waals surface area (Å²) >= 11 is 0.